The Morgan fingerprint density at radius 2 is 2.11 bits per heavy atom. The third kappa shape index (κ3) is 3.02. The molecule has 1 heterocycles. The lowest BCUT2D eigenvalue weighted by Gasteiger charge is -2.12. The van der Waals surface area contributed by atoms with Gasteiger partial charge in [0.15, 0.2) is 0 Å². The highest BCUT2D eigenvalue weighted by Crippen LogP contribution is 2.20. The second-order valence-electron chi connectivity index (χ2n) is 3.60. The van der Waals surface area contributed by atoms with Gasteiger partial charge in [0.05, 0.1) is 23.5 Å². The first-order valence-electron chi connectivity index (χ1n) is 5.26. The van der Waals surface area contributed by atoms with Crippen molar-refractivity contribution in [2.75, 3.05) is 16.4 Å². The van der Waals surface area contributed by atoms with Crippen LogP contribution in [0.15, 0.2) is 43.0 Å². The molecule has 0 amide bonds. The number of rotatable bonds is 5. The average molecular weight is 286 g/mol. The summed E-state index contributed by atoms with van der Waals surface area (Å²) >= 11 is 5.46. The van der Waals surface area contributed by atoms with Crippen molar-refractivity contribution in [3.05, 3.63) is 43.0 Å². The summed E-state index contributed by atoms with van der Waals surface area (Å²) in [6.45, 7) is 0. The molecule has 0 saturated heterocycles. The highest BCUT2D eigenvalue weighted by Gasteiger charge is 2.12. The van der Waals surface area contributed by atoms with Crippen molar-refractivity contribution in [3.63, 3.8) is 0 Å². The highest BCUT2D eigenvalue weighted by molar-refractivity contribution is 7.92. The number of nitrogens with one attached hydrogen (secondary N) is 1. The van der Waals surface area contributed by atoms with Crippen molar-refractivity contribution >= 4 is 27.3 Å². The largest absolute Gasteiger partial charge is 0.304 e. The highest BCUT2D eigenvalue weighted by atomic mass is 35.5. The zero-order valence-corrected chi connectivity index (χ0v) is 11.0. The molecule has 0 fully saturated rings. The van der Waals surface area contributed by atoms with Crippen molar-refractivity contribution in [1.82, 2.24) is 9.55 Å². The van der Waals surface area contributed by atoms with E-state index in [4.69, 9.17) is 11.6 Å². The third-order valence-corrected chi connectivity index (χ3v) is 3.98. The zero-order valence-electron chi connectivity index (χ0n) is 9.45. The number of hydrogen-bond donors (Lipinski definition) is 1. The summed E-state index contributed by atoms with van der Waals surface area (Å²) in [5, 5.41) is 0. The number of imidazole rings is 1. The van der Waals surface area contributed by atoms with Gasteiger partial charge in [0, 0.05) is 18.3 Å². The van der Waals surface area contributed by atoms with E-state index in [1.54, 1.807) is 41.5 Å². The summed E-state index contributed by atoms with van der Waals surface area (Å²) in [5.41, 5.74) is 1.22. The van der Waals surface area contributed by atoms with Crippen LogP contribution in [0.5, 0.6) is 0 Å². The Bertz CT molecular complexity index is 611. The first-order chi connectivity index (χ1) is 8.62. The van der Waals surface area contributed by atoms with Crippen molar-refractivity contribution in [3.8, 4) is 5.69 Å². The predicted octanol–water partition coefficient (Wildman–Crippen LogP) is 1.85. The van der Waals surface area contributed by atoms with Gasteiger partial charge in [-0.05, 0) is 12.1 Å². The average Bonchev–Trinajstić information content (AvgIpc) is 2.82. The smallest absolute Gasteiger partial charge is 0.233 e. The molecule has 0 aliphatic rings. The molecule has 0 atom stereocenters. The Kier molecular flexibility index (Phi) is 3.88. The quantitative estimate of drug-likeness (QED) is 0.853. The number of benzene rings is 1. The fourth-order valence-electron chi connectivity index (χ4n) is 1.51. The standard InChI is InChI=1S/C11H12ClN3O2S/c12-5-8-18(16,17)14-10-3-1-2-4-11(10)15-7-6-13-9-15/h1-4,6-7,9,14H,5,8H2. The van der Waals surface area contributed by atoms with Crippen LogP contribution in [0.4, 0.5) is 5.69 Å². The summed E-state index contributed by atoms with van der Waals surface area (Å²) in [6, 6.07) is 7.09. The van der Waals surface area contributed by atoms with Crippen LogP contribution < -0.4 is 4.72 Å². The van der Waals surface area contributed by atoms with Crippen molar-refractivity contribution in [2.24, 2.45) is 0 Å². The van der Waals surface area contributed by atoms with Gasteiger partial charge in [0.25, 0.3) is 0 Å². The number of sulfonamides is 1. The van der Waals surface area contributed by atoms with Crippen molar-refractivity contribution < 1.29 is 8.42 Å². The Balaban J connectivity index is 2.35. The van der Waals surface area contributed by atoms with E-state index in [9.17, 15) is 8.42 Å². The maximum atomic E-state index is 11.7. The minimum Gasteiger partial charge on any atom is -0.304 e. The lowest BCUT2D eigenvalue weighted by molar-refractivity contribution is 0.602. The Hall–Kier alpha value is -1.53. The Morgan fingerprint density at radius 1 is 1.33 bits per heavy atom. The van der Waals surface area contributed by atoms with Gasteiger partial charge < -0.3 is 4.57 Å². The van der Waals surface area contributed by atoms with E-state index in [0.717, 1.165) is 0 Å². The molecule has 0 radical (unpaired) electrons. The normalized spacial score (nSPS) is 11.4. The first kappa shape index (κ1) is 12.9. The van der Waals surface area contributed by atoms with E-state index in [-0.39, 0.29) is 11.6 Å². The maximum absolute atomic E-state index is 11.7. The summed E-state index contributed by atoms with van der Waals surface area (Å²) < 4.78 is 27.7. The van der Waals surface area contributed by atoms with Crippen molar-refractivity contribution in [2.45, 2.75) is 0 Å². The van der Waals surface area contributed by atoms with E-state index >= 15 is 0 Å². The van der Waals surface area contributed by atoms with Crippen LogP contribution in [0.2, 0.25) is 0 Å². The number of halogens is 1. The molecule has 7 heteroatoms. The molecule has 0 spiro atoms. The molecule has 0 aliphatic heterocycles. The molecule has 0 saturated carbocycles. The van der Waals surface area contributed by atoms with Gasteiger partial charge in [0.1, 0.15) is 0 Å². The van der Waals surface area contributed by atoms with Crippen LogP contribution >= 0.6 is 11.6 Å². The summed E-state index contributed by atoms with van der Waals surface area (Å²) in [7, 11) is -3.41. The predicted molar refractivity (Wildman–Crippen MR) is 71.7 cm³/mol. The van der Waals surface area contributed by atoms with Gasteiger partial charge in [-0.15, -0.1) is 11.6 Å². The summed E-state index contributed by atoms with van der Waals surface area (Å²) in [5.74, 6) is -0.0601. The minimum absolute atomic E-state index is 0.0581. The van der Waals surface area contributed by atoms with Gasteiger partial charge >= 0.3 is 0 Å². The number of hydrogen-bond acceptors (Lipinski definition) is 3. The number of alkyl halides is 1. The lowest BCUT2D eigenvalue weighted by atomic mass is 10.3. The third-order valence-electron chi connectivity index (χ3n) is 2.30. The molecule has 2 aromatic rings. The van der Waals surface area contributed by atoms with Gasteiger partial charge in [-0.25, -0.2) is 13.4 Å². The number of aromatic nitrogens is 2. The van der Waals surface area contributed by atoms with E-state index in [1.807, 2.05) is 6.07 Å². The van der Waals surface area contributed by atoms with E-state index in [1.165, 1.54) is 0 Å². The maximum Gasteiger partial charge on any atom is 0.233 e. The van der Waals surface area contributed by atoms with Gasteiger partial charge in [-0.2, -0.15) is 0 Å². The fraction of sp³-hybridized carbons (Fsp3) is 0.182. The van der Waals surface area contributed by atoms with Crippen LogP contribution in [0, 0.1) is 0 Å². The SMILES string of the molecule is O=S(=O)(CCCl)Nc1ccccc1-n1ccnc1. The Labute approximate surface area is 110 Å². The van der Waals surface area contributed by atoms with Gasteiger partial charge in [0.2, 0.25) is 10.0 Å². The minimum atomic E-state index is -3.41. The summed E-state index contributed by atoms with van der Waals surface area (Å²) in [4.78, 5) is 3.94. The second kappa shape index (κ2) is 5.41. The molecule has 18 heavy (non-hydrogen) atoms. The first-order valence-corrected chi connectivity index (χ1v) is 7.45. The molecule has 1 aromatic heterocycles. The Morgan fingerprint density at radius 3 is 2.78 bits per heavy atom. The van der Waals surface area contributed by atoms with Crippen LogP contribution in [0.25, 0.3) is 5.69 Å². The number of para-hydroxylation sites is 2. The van der Waals surface area contributed by atoms with E-state index < -0.39 is 10.0 Å². The molecule has 1 aromatic carbocycles. The molecular formula is C11H12ClN3O2S. The lowest BCUT2D eigenvalue weighted by Crippen LogP contribution is -2.18. The number of nitrogens with zero attached hydrogens (tertiary/aromatic N) is 2. The van der Waals surface area contributed by atoms with Crippen LogP contribution in [0.1, 0.15) is 0 Å². The van der Waals surface area contributed by atoms with Crippen LogP contribution in [-0.4, -0.2) is 29.6 Å². The molecule has 1 N–H and O–H groups in total. The van der Waals surface area contributed by atoms with Gasteiger partial charge in [-0.1, -0.05) is 12.1 Å². The second-order valence-corrected chi connectivity index (χ2v) is 5.82. The zero-order chi connectivity index (χ0) is 13.0. The molecule has 0 unspecified atom stereocenters. The van der Waals surface area contributed by atoms with Crippen molar-refractivity contribution in [1.29, 1.82) is 0 Å². The fourth-order valence-corrected chi connectivity index (χ4v) is 2.93. The molecule has 0 aliphatic carbocycles. The van der Waals surface area contributed by atoms with E-state index in [0.29, 0.717) is 11.4 Å². The number of anilines is 1. The molecule has 5 nitrogen and oxygen atoms in total. The van der Waals surface area contributed by atoms with Crippen LogP contribution in [-0.2, 0) is 10.0 Å². The summed E-state index contributed by atoms with van der Waals surface area (Å²) in [6.07, 6.45) is 4.98. The van der Waals surface area contributed by atoms with E-state index in [2.05, 4.69) is 9.71 Å². The molecular weight excluding hydrogens is 274 g/mol. The van der Waals surface area contributed by atoms with Crippen LogP contribution in [0.3, 0.4) is 0 Å². The molecule has 96 valence electrons. The topological polar surface area (TPSA) is 64.0 Å². The molecule has 2 rings (SSSR count). The molecule has 0 bridgehead atoms. The van der Waals surface area contributed by atoms with Gasteiger partial charge in [-0.3, -0.25) is 4.72 Å². The monoisotopic (exact) mass is 285 g/mol.